The van der Waals surface area contributed by atoms with Crippen molar-refractivity contribution in [1.82, 2.24) is 0 Å². The average molecular weight is 211 g/mol. The maximum Gasteiger partial charge on any atom is 0.00908 e. The van der Waals surface area contributed by atoms with Crippen LogP contribution in [-0.4, -0.2) is 6.04 Å². The average Bonchev–Trinajstić information content (AvgIpc) is 2.45. The van der Waals surface area contributed by atoms with Gasteiger partial charge >= 0.3 is 0 Å². The predicted octanol–water partition coefficient (Wildman–Crippen LogP) is 3.36. The number of nitrogens with two attached hydrogens (primary N) is 1. The topological polar surface area (TPSA) is 26.0 Å². The second-order valence-corrected chi connectivity index (χ2v) is 6.13. The third-order valence-corrected chi connectivity index (χ3v) is 3.69. The highest BCUT2D eigenvalue weighted by molar-refractivity contribution is 7.10. The smallest absolute Gasteiger partial charge is 0.00908 e. The molecule has 14 heavy (non-hydrogen) atoms. The van der Waals surface area contributed by atoms with Gasteiger partial charge in [-0.3, -0.25) is 0 Å². The fraction of sp³-hybridized carbons (Fsp3) is 0.667. The molecule has 1 atom stereocenters. The van der Waals surface area contributed by atoms with Crippen LogP contribution in [0.15, 0.2) is 11.4 Å². The van der Waals surface area contributed by atoms with E-state index in [2.05, 4.69) is 39.1 Å². The number of thiophene rings is 1. The maximum atomic E-state index is 6.12. The highest BCUT2D eigenvalue weighted by Crippen LogP contribution is 2.23. The highest BCUT2D eigenvalue weighted by Gasteiger charge is 2.20. The molecule has 2 heteroatoms. The van der Waals surface area contributed by atoms with Crippen LogP contribution in [0.4, 0.5) is 0 Å². The lowest BCUT2D eigenvalue weighted by Gasteiger charge is -2.26. The number of hydrogen-bond donors (Lipinski definition) is 1. The van der Waals surface area contributed by atoms with Crippen LogP contribution in [0.25, 0.3) is 0 Å². The molecule has 0 aliphatic carbocycles. The van der Waals surface area contributed by atoms with Crippen molar-refractivity contribution in [2.75, 3.05) is 0 Å². The van der Waals surface area contributed by atoms with E-state index < -0.39 is 0 Å². The third-order valence-electron chi connectivity index (χ3n) is 2.80. The van der Waals surface area contributed by atoms with Gasteiger partial charge in [0.1, 0.15) is 0 Å². The Morgan fingerprint density at radius 2 is 2.07 bits per heavy atom. The van der Waals surface area contributed by atoms with Gasteiger partial charge < -0.3 is 5.73 Å². The lowest BCUT2D eigenvalue weighted by atomic mass is 9.84. The fourth-order valence-electron chi connectivity index (χ4n) is 1.41. The first kappa shape index (κ1) is 11.7. The van der Waals surface area contributed by atoms with Crippen molar-refractivity contribution >= 4 is 11.3 Å². The molecule has 1 heterocycles. The van der Waals surface area contributed by atoms with Crippen molar-refractivity contribution in [3.63, 3.8) is 0 Å². The Labute approximate surface area is 91.3 Å². The molecule has 1 unspecified atom stereocenters. The molecule has 0 aliphatic heterocycles. The zero-order valence-electron chi connectivity index (χ0n) is 9.63. The Morgan fingerprint density at radius 1 is 1.43 bits per heavy atom. The summed E-state index contributed by atoms with van der Waals surface area (Å²) in [6.07, 6.45) is 2.20. The van der Waals surface area contributed by atoms with E-state index in [0.717, 1.165) is 12.8 Å². The normalized spacial score (nSPS) is 14.4. The van der Waals surface area contributed by atoms with Crippen molar-refractivity contribution in [3.05, 3.63) is 21.9 Å². The van der Waals surface area contributed by atoms with E-state index in [1.807, 2.05) is 11.3 Å². The van der Waals surface area contributed by atoms with E-state index in [4.69, 9.17) is 5.73 Å². The molecule has 1 rings (SSSR count). The van der Waals surface area contributed by atoms with E-state index in [0.29, 0.717) is 6.04 Å². The van der Waals surface area contributed by atoms with Crippen molar-refractivity contribution in [2.45, 2.75) is 46.6 Å². The van der Waals surface area contributed by atoms with Crippen molar-refractivity contribution in [1.29, 1.82) is 0 Å². The van der Waals surface area contributed by atoms with Crippen molar-refractivity contribution < 1.29 is 0 Å². The van der Waals surface area contributed by atoms with Crippen LogP contribution in [-0.2, 0) is 6.42 Å². The maximum absolute atomic E-state index is 6.12. The molecule has 0 bridgehead atoms. The lowest BCUT2D eigenvalue weighted by molar-refractivity contribution is 0.306. The van der Waals surface area contributed by atoms with Crippen LogP contribution in [0.1, 0.15) is 37.6 Å². The Balaban J connectivity index is 2.46. The molecule has 0 aliphatic rings. The van der Waals surface area contributed by atoms with Crippen LogP contribution < -0.4 is 5.73 Å². The van der Waals surface area contributed by atoms with Gasteiger partial charge in [0.2, 0.25) is 0 Å². The first-order chi connectivity index (χ1) is 6.41. The molecule has 1 aromatic rings. The molecular weight excluding hydrogens is 190 g/mol. The number of hydrogen-bond acceptors (Lipinski definition) is 2. The van der Waals surface area contributed by atoms with E-state index in [9.17, 15) is 0 Å². The van der Waals surface area contributed by atoms with Gasteiger partial charge in [0.25, 0.3) is 0 Å². The summed E-state index contributed by atoms with van der Waals surface area (Å²) in [7, 11) is 0. The Hall–Kier alpha value is -0.340. The van der Waals surface area contributed by atoms with Gasteiger partial charge in [-0.15, -0.1) is 11.3 Å². The quantitative estimate of drug-likeness (QED) is 0.815. The van der Waals surface area contributed by atoms with Gasteiger partial charge in [-0.25, -0.2) is 0 Å². The Kier molecular flexibility index (Phi) is 3.73. The van der Waals surface area contributed by atoms with Crippen LogP contribution in [0.3, 0.4) is 0 Å². The highest BCUT2D eigenvalue weighted by atomic mass is 32.1. The number of aryl methyl sites for hydroxylation is 2. The standard InChI is InChI=1S/C12H21NS/c1-9-10(7-8-14-9)5-6-11(13)12(2,3)4/h7-8,11H,5-6,13H2,1-4H3. The van der Waals surface area contributed by atoms with Gasteiger partial charge in [-0.2, -0.15) is 0 Å². The summed E-state index contributed by atoms with van der Waals surface area (Å²) in [5.41, 5.74) is 7.81. The molecule has 1 aromatic heterocycles. The fourth-order valence-corrected chi connectivity index (χ4v) is 2.17. The zero-order chi connectivity index (χ0) is 10.8. The van der Waals surface area contributed by atoms with E-state index in [1.54, 1.807) is 0 Å². The molecule has 1 nitrogen and oxygen atoms in total. The van der Waals surface area contributed by atoms with Crippen LogP contribution in [0.2, 0.25) is 0 Å². The molecular formula is C12H21NS. The van der Waals surface area contributed by atoms with Gasteiger partial charge in [0.05, 0.1) is 0 Å². The predicted molar refractivity (Wildman–Crippen MR) is 64.8 cm³/mol. The van der Waals surface area contributed by atoms with E-state index in [1.165, 1.54) is 10.4 Å². The van der Waals surface area contributed by atoms with Gasteiger partial charge in [-0.05, 0) is 42.2 Å². The molecule has 0 radical (unpaired) electrons. The van der Waals surface area contributed by atoms with Crippen molar-refractivity contribution in [2.24, 2.45) is 11.1 Å². The summed E-state index contributed by atoms with van der Waals surface area (Å²) in [4.78, 5) is 1.44. The summed E-state index contributed by atoms with van der Waals surface area (Å²) in [5, 5.41) is 2.16. The molecule has 2 N–H and O–H groups in total. The third kappa shape index (κ3) is 3.10. The second-order valence-electron chi connectivity index (χ2n) is 5.01. The minimum Gasteiger partial charge on any atom is -0.327 e. The number of rotatable bonds is 3. The molecule has 0 saturated carbocycles. The summed E-state index contributed by atoms with van der Waals surface area (Å²) >= 11 is 1.82. The van der Waals surface area contributed by atoms with Crippen LogP contribution in [0.5, 0.6) is 0 Å². The second kappa shape index (κ2) is 4.45. The molecule has 0 fully saturated rings. The molecule has 0 aromatic carbocycles. The minimum atomic E-state index is 0.226. The summed E-state index contributed by atoms with van der Waals surface area (Å²) in [5.74, 6) is 0. The first-order valence-electron chi connectivity index (χ1n) is 5.20. The van der Waals surface area contributed by atoms with Crippen LogP contribution >= 0.6 is 11.3 Å². The summed E-state index contributed by atoms with van der Waals surface area (Å²) in [6, 6.07) is 2.51. The largest absolute Gasteiger partial charge is 0.327 e. The lowest BCUT2D eigenvalue weighted by Crippen LogP contribution is -2.35. The first-order valence-corrected chi connectivity index (χ1v) is 6.08. The minimum absolute atomic E-state index is 0.226. The Morgan fingerprint density at radius 3 is 2.50 bits per heavy atom. The van der Waals surface area contributed by atoms with E-state index >= 15 is 0 Å². The molecule has 80 valence electrons. The van der Waals surface area contributed by atoms with Crippen molar-refractivity contribution in [3.8, 4) is 0 Å². The van der Waals surface area contributed by atoms with Crippen LogP contribution in [0, 0.1) is 12.3 Å². The molecule has 0 saturated heterocycles. The zero-order valence-corrected chi connectivity index (χ0v) is 10.4. The Bertz CT molecular complexity index is 283. The van der Waals surface area contributed by atoms with Gasteiger partial charge in [0, 0.05) is 10.9 Å². The van der Waals surface area contributed by atoms with Gasteiger partial charge in [0.15, 0.2) is 0 Å². The monoisotopic (exact) mass is 211 g/mol. The summed E-state index contributed by atoms with van der Waals surface area (Å²) in [6.45, 7) is 8.80. The van der Waals surface area contributed by atoms with E-state index in [-0.39, 0.29) is 5.41 Å². The van der Waals surface area contributed by atoms with Gasteiger partial charge in [-0.1, -0.05) is 20.8 Å². The molecule has 0 amide bonds. The SMILES string of the molecule is Cc1sccc1CCC(N)C(C)(C)C. The molecule has 0 spiro atoms. The summed E-state index contributed by atoms with van der Waals surface area (Å²) < 4.78 is 0.